The lowest BCUT2D eigenvalue weighted by Gasteiger charge is -2.30. The molecule has 550 valence electrons. The predicted molar refractivity (Wildman–Crippen MR) is 379 cm³/mol. The number of hydrogen-bond acceptors (Lipinski definition) is 14. The third kappa shape index (κ3) is 38.7. The molecule has 3 N–H and O–H groups in total. The van der Waals surface area contributed by atoms with Gasteiger partial charge in [-0.2, -0.15) is 0 Å². The normalized spacial score (nSPS) is 12.6. The standard InChI is InChI=1S/C78H111N5O17/c1-7-8-9-10-11-12-13-14-15-16-17-18-28-35-68(87)36-57(2)47-79(60(5)85)53-69(88)37-58(3)48-80(61(6)86)54-70(89)41-66(39-63-31-24-20-25-32-63)51-82(74(93)45-77(97)98)56-72(91)43-67(40-64-33-26-21-27-34-64)52-83(75(94)46-78(99)100)55-71(90)42-65(38-62-29-22-19-23-30-62)50-81(49-59(4)84)73(92)44-76(95)96/h19-27,29-34,57-58,65-67H,7-18,28,35-56H2,1-6H3,(H,95,96)(H,97,98)(H,99,100)/t57-,58-,65-,66-,67-/m1/s1. The van der Waals surface area contributed by atoms with Crippen LogP contribution in [-0.4, -0.2) is 187 Å². The van der Waals surface area contributed by atoms with E-state index in [0.29, 0.717) is 18.4 Å². The number of ketones is 6. The zero-order valence-electron chi connectivity index (χ0n) is 60.1. The minimum absolute atomic E-state index is 0.00376. The Morgan fingerprint density at radius 3 is 0.890 bits per heavy atom. The van der Waals surface area contributed by atoms with Crippen molar-refractivity contribution in [2.24, 2.45) is 29.6 Å². The monoisotopic (exact) mass is 1390 g/mol. The van der Waals surface area contributed by atoms with Gasteiger partial charge >= 0.3 is 17.9 Å². The number of hydrogen-bond donors (Lipinski definition) is 3. The summed E-state index contributed by atoms with van der Waals surface area (Å²) in [6.45, 7) is 6.83. The second-order valence-corrected chi connectivity index (χ2v) is 27.6. The number of unbranched alkanes of at least 4 members (excludes halogenated alkanes) is 12. The van der Waals surface area contributed by atoms with Crippen LogP contribution in [0.2, 0.25) is 0 Å². The van der Waals surface area contributed by atoms with Crippen LogP contribution in [-0.2, 0) is 86.4 Å². The first-order valence-electron chi connectivity index (χ1n) is 35.8. The average molecular weight is 1390 g/mol. The topological polar surface area (TPSA) is 316 Å². The van der Waals surface area contributed by atoms with Gasteiger partial charge < -0.3 is 39.8 Å². The number of carbonyl (C=O) groups excluding carboxylic acids is 11. The van der Waals surface area contributed by atoms with Crippen molar-refractivity contribution in [3.8, 4) is 0 Å². The average Bonchev–Trinajstić information content (AvgIpc) is 0.873. The van der Waals surface area contributed by atoms with Crippen LogP contribution in [0, 0.1) is 29.6 Å². The van der Waals surface area contributed by atoms with E-state index in [9.17, 15) is 82.4 Å². The minimum Gasteiger partial charge on any atom is -0.481 e. The summed E-state index contributed by atoms with van der Waals surface area (Å²) < 4.78 is 0. The van der Waals surface area contributed by atoms with Gasteiger partial charge in [0.1, 0.15) is 30.8 Å². The van der Waals surface area contributed by atoms with Crippen LogP contribution in [0.15, 0.2) is 91.0 Å². The maximum atomic E-state index is 14.6. The fourth-order valence-corrected chi connectivity index (χ4v) is 12.9. The highest BCUT2D eigenvalue weighted by Gasteiger charge is 2.32. The van der Waals surface area contributed by atoms with Gasteiger partial charge in [-0.1, -0.05) is 189 Å². The number of nitrogens with zero attached hydrogens (tertiary/aromatic N) is 5. The molecule has 0 unspecified atom stereocenters. The van der Waals surface area contributed by atoms with Crippen molar-refractivity contribution in [3.05, 3.63) is 108 Å². The highest BCUT2D eigenvalue weighted by Crippen LogP contribution is 2.23. The highest BCUT2D eigenvalue weighted by molar-refractivity contribution is 5.97. The van der Waals surface area contributed by atoms with Gasteiger partial charge in [-0.15, -0.1) is 0 Å². The first kappa shape index (κ1) is 85.7. The summed E-state index contributed by atoms with van der Waals surface area (Å²) in [5.41, 5.74) is 2.18. The van der Waals surface area contributed by atoms with Crippen molar-refractivity contribution in [1.82, 2.24) is 24.5 Å². The lowest BCUT2D eigenvalue weighted by molar-refractivity contribution is -0.147. The molecule has 0 bridgehead atoms. The van der Waals surface area contributed by atoms with Gasteiger partial charge in [0.2, 0.25) is 29.5 Å². The fourth-order valence-electron chi connectivity index (χ4n) is 12.9. The van der Waals surface area contributed by atoms with Gasteiger partial charge in [-0.25, -0.2) is 0 Å². The van der Waals surface area contributed by atoms with E-state index in [0.717, 1.165) is 45.1 Å². The van der Waals surface area contributed by atoms with Crippen LogP contribution in [0.1, 0.15) is 199 Å². The molecule has 22 nitrogen and oxygen atoms in total. The molecule has 0 fully saturated rings. The Kier molecular flexibility index (Phi) is 41.3. The van der Waals surface area contributed by atoms with Crippen molar-refractivity contribution in [1.29, 1.82) is 0 Å². The zero-order chi connectivity index (χ0) is 73.9. The highest BCUT2D eigenvalue weighted by atomic mass is 16.4. The smallest absolute Gasteiger partial charge is 0.312 e. The van der Waals surface area contributed by atoms with E-state index in [4.69, 9.17) is 0 Å². The number of amides is 5. The maximum Gasteiger partial charge on any atom is 0.312 e. The van der Waals surface area contributed by atoms with Crippen LogP contribution >= 0.6 is 0 Å². The van der Waals surface area contributed by atoms with E-state index in [1.165, 1.54) is 94.8 Å². The van der Waals surface area contributed by atoms with E-state index < -0.39 is 127 Å². The van der Waals surface area contributed by atoms with Crippen LogP contribution in [0.5, 0.6) is 0 Å². The second-order valence-electron chi connectivity index (χ2n) is 27.6. The number of benzene rings is 3. The number of carbonyl (C=O) groups is 14. The van der Waals surface area contributed by atoms with Crippen molar-refractivity contribution >= 4 is 82.1 Å². The van der Waals surface area contributed by atoms with E-state index in [1.54, 1.807) is 97.9 Å². The van der Waals surface area contributed by atoms with Crippen LogP contribution < -0.4 is 0 Å². The quantitative estimate of drug-likeness (QED) is 0.0349. The van der Waals surface area contributed by atoms with E-state index in [1.807, 2.05) is 6.92 Å². The number of aliphatic carboxylic acids is 3. The second kappa shape index (κ2) is 48.3. The number of carboxylic acids is 3. The van der Waals surface area contributed by atoms with E-state index in [2.05, 4.69) is 6.92 Å². The Morgan fingerprint density at radius 2 is 0.600 bits per heavy atom. The molecule has 5 atom stereocenters. The Hall–Kier alpha value is -8.56. The summed E-state index contributed by atoms with van der Waals surface area (Å²) in [6, 6.07) is 26.6. The molecule has 0 aliphatic rings. The maximum absolute atomic E-state index is 14.6. The summed E-state index contributed by atoms with van der Waals surface area (Å²) in [4.78, 5) is 191. The molecular formula is C78H111N5O17. The molecule has 3 rings (SSSR count). The summed E-state index contributed by atoms with van der Waals surface area (Å²) in [6.07, 6.45) is 13.0. The first-order chi connectivity index (χ1) is 47.6. The lowest BCUT2D eigenvalue weighted by Crippen LogP contribution is -2.44. The summed E-state index contributed by atoms with van der Waals surface area (Å²) >= 11 is 0. The largest absolute Gasteiger partial charge is 0.481 e. The molecule has 5 amide bonds. The number of carboxylic acid groups (broad SMARTS) is 3. The van der Waals surface area contributed by atoms with Gasteiger partial charge in [-0.3, -0.25) is 67.1 Å². The van der Waals surface area contributed by atoms with E-state index in [-0.39, 0.29) is 114 Å². The van der Waals surface area contributed by atoms with Gasteiger partial charge in [0, 0.05) is 85.1 Å². The van der Waals surface area contributed by atoms with Gasteiger partial charge in [0.25, 0.3) is 0 Å². The van der Waals surface area contributed by atoms with Crippen LogP contribution in [0.3, 0.4) is 0 Å². The molecule has 0 aliphatic carbocycles. The molecule has 100 heavy (non-hydrogen) atoms. The molecule has 3 aromatic carbocycles. The zero-order valence-corrected chi connectivity index (χ0v) is 60.1. The molecule has 0 aromatic heterocycles. The van der Waals surface area contributed by atoms with Gasteiger partial charge in [-0.05, 0) is 78.9 Å². The van der Waals surface area contributed by atoms with Crippen molar-refractivity contribution in [2.75, 3.05) is 65.4 Å². The van der Waals surface area contributed by atoms with Crippen LogP contribution in [0.4, 0.5) is 0 Å². The Balaban J connectivity index is 1.78. The SMILES string of the molecule is CCCCCCCCCCCCCCCC(=O)C[C@@H](C)CN(CC(=O)C[C@@H](C)CN(CC(=O)C[C@@H](Cc1ccccc1)CN(CC(=O)C[C@@H](Cc1ccccc1)CN(CC(=O)C[C@@H](Cc1ccccc1)CN(CC(C)=O)C(=O)CC(=O)O)C(=O)CC(=O)O)C(=O)CC(=O)O)C(C)=O)C(C)=O. The lowest BCUT2D eigenvalue weighted by atomic mass is 9.91. The summed E-state index contributed by atoms with van der Waals surface area (Å²) in [5.74, 6) is -13.0. The number of rotatable bonds is 56. The fraction of sp³-hybridized carbons (Fsp3) is 0.590. The van der Waals surface area contributed by atoms with Gasteiger partial charge in [0.15, 0.2) is 23.1 Å². The molecule has 3 aromatic rings. The third-order valence-corrected chi connectivity index (χ3v) is 17.6. The molecular weight excluding hydrogens is 1280 g/mol. The van der Waals surface area contributed by atoms with Crippen molar-refractivity contribution < 1.29 is 82.4 Å². The molecule has 0 spiro atoms. The first-order valence-corrected chi connectivity index (χ1v) is 35.8. The molecule has 0 aliphatic heterocycles. The van der Waals surface area contributed by atoms with Crippen LogP contribution in [0.25, 0.3) is 0 Å². The summed E-state index contributed by atoms with van der Waals surface area (Å²) in [5, 5.41) is 29.1. The molecule has 0 saturated carbocycles. The molecule has 22 heteroatoms. The van der Waals surface area contributed by atoms with Crippen molar-refractivity contribution in [3.63, 3.8) is 0 Å². The molecule has 0 radical (unpaired) electrons. The summed E-state index contributed by atoms with van der Waals surface area (Å²) in [7, 11) is 0. The molecule has 0 saturated heterocycles. The van der Waals surface area contributed by atoms with E-state index >= 15 is 0 Å². The molecule has 0 heterocycles. The Labute approximate surface area is 591 Å². The Bertz CT molecular complexity index is 3100. The van der Waals surface area contributed by atoms with Crippen molar-refractivity contribution in [2.45, 2.75) is 202 Å². The minimum atomic E-state index is -1.50. The third-order valence-electron chi connectivity index (χ3n) is 17.6. The number of Topliss-reactive ketones (excluding diaryl/α,β-unsaturated/α-hetero) is 6. The Morgan fingerprint density at radius 1 is 0.330 bits per heavy atom. The van der Waals surface area contributed by atoms with Gasteiger partial charge in [0.05, 0.1) is 32.7 Å². The predicted octanol–water partition coefficient (Wildman–Crippen LogP) is 10.3.